The highest BCUT2D eigenvalue weighted by Crippen LogP contribution is 1.92. The topological polar surface area (TPSA) is 18.5 Å². The van der Waals surface area contributed by atoms with Crippen molar-refractivity contribution in [2.24, 2.45) is 0 Å². The molecule has 0 unspecified atom stereocenters. The van der Waals surface area contributed by atoms with Crippen molar-refractivity contribution < 1.29 is 9.47 Å². The summed E-state index contributed by atoms with van der Waals surface area (Å²) in [6.45, 7) is 4.95. The number of hydrogen-bond acceptors (Lipinski definition) is 2. The molecule has 0 aromatic rings. The van der Waals surface area contributed by atoms with Gasteiger partial charge in [-0.3, -0.25) is 0 Å². The molecule has 0 rings (SSSR count). The lowest BCUT2D eigenvalue weighted by Crippen LogP contribution is -2.14. The first-order valence-corrected chi connectivity index (χ1v) is 4.20. The molecule has 13 heavy (non-hydrogen) atoms. The van der Waals surface area contributed by atoms with Gasteiger partial charge in [0.2, 0.25) is 6.29 Å². The van der Waals surface area contributed by atoms with Crippen molar-refractivity contribution >= 4 is 0 Å². The lowest BCUT2D eigenvalue weighted by Gasteiger charge is -2.09. The Labute approximate surface area is 79.9 Å². The van der Waals surface area contributed by atoms with Gasteiger partial charge in [-0.2, -0.15) is 0 Å². The van der Waals surface area contributed by atoms with Crippen molar-refractivity contribution in [2.45, 2.75) is 20.1 Å². The van der Waals surface area contributed by atoms with E-state index >= 15 is 0 Å². The van der Waals surface area contributed by atoms with Crippen LogP contribution in [0.25, 0.3) is 0 Å². The fourth-order valence-corrected chi connectivity index (χ4v) is 0.640. The van der Waals surface area contributed by atoms with E-state index in [1.165, 1.54) is 6.08 Å². The first-order valence-electron chi connectivity index (χ1n) is 4.20. The second-order valence-corrected chi connectivity index (χ2v) is 2.03. The summed E-state index contributed by atoms with van der Waals surface area (Å²) in [5.74, 6) is 7.85. The van der Waals surface area contributed by atoms with Crippen molar-refractivity contribution in [3.8, 4) is 24.2 Å². The number of allylic oxidation sites excluding steroid dienone is 2. The van der Waals surface area contributed by atoms with Crippen LogP contribution in [0.1, 0.15) is 13.8 Å². The molecule has 0 bridgehead atoms. The molecule has 0 aliphatic rings. The van der Waals surface area contributed by atoms with Gasteiger partial charge in [0.05, 0.1) is 0 Å². The van der Waals surface area contributed by atoms with Crippen LogP contribution in [0.4, 0.5) is 0 Å². The van der Waals surface area contributed by atoms with E-state index in [0.717, 1.165) is 0 Å². The third-order valence-corrected chi connectivity index (χ3v) is 1.10. The summed E-state index contributed by atoms with van der Waals surface area (Å²) in [6.07, 6.45) is 7.67. The molecule has 0 saturated heterocycles. The van der Waals surface area contributed by atoms with Gasteiger partial charge in [0, 0.05) is 13.2 Å². The molecule has 2 nitrogen and oxygen atoms in total. The maximum Gasteiger partial charge on any atom is 0.222 e. The SMILES string of the molecule is C#C/C=C/C#CC(OCC)OCC. The van der Waals surface area contributed by atoms with Gasteiger partial charge >= 0.3 is 0 Å². The average Bonchev–Trinajstić information content (AvgIpc) is 2.13. The van der Waals surface area contributed by atoms with Gasteiger partial charge in [-0.15, -0.1) is 6.42 Å². The van der Waals surface area contributed by atoms with Crippen LogP contribution in [0.5, 0.6) is 0 Å². The zero-order chi connectivity index (χ0) is 9.94. The van der Waals surface area contributed by atoms with Crippen molar-refractivity contribution in [1.82, 2.24) is 0 Å². The van der Waals surface area contributed by atoms with Crippen LogP contribution in [0.2, 0.25) is 0 Å². The molecule has 0 N–H and O–H groups in total. The van der Waals surface area contributed by atoms with E-state index in [1.807, 2.05) is 13.8 Å². The molecule has 0 amide bonds. The van der Waals surface area contributed by atoms with Gasteiger partial charge < -0.3 is 9.47 Å². The molecule has 0 spiro atoms. The van der Waals surface area contributed by atoms with Gasteiger partial charge in [-0.1, -0.05) is 11.8 Å². The molecule has 2 heteroatoms. The quantitative estimate of drug-likeness (QED) is 0.480. The molecule has 0 aliphatic carbocycles. The van der Waals surface area contributed by atoms with Crippen LogP contribution >= 0.6 is 0 Å². The molecule has 0 saturated carbocycles. The maximum absolute atomic E-state index is 5.18. The van der Waals surface area contributed by atoms with Crippen LogP contribution < -0.4 is 0 Å². The third kappa shape index (κ3) is 7.15. The molecular formula is C11H14O2. The van der Waals surface area contributed by atoms with Gasteiger partial charge in [0.15, 0.2) is 0 Å². The van der Waals surface area contributed by atoms with E-state index in [2.05, 4.69) is 17.8 Å². The summed E-state index contributed by atoms with van der Waals surface area (Å²) in [7, 11) is 0. The minimum atomic E-state index is -0.447. The van der Waals surface area contributed by atoms with Gasteiger partial charge in [0.1, 0.15) is 0 Å². The highest BCUT2D eigenvalue weighted by Gasteiger charge is 2.00. The predicted molar refractivity (Wildman–Crippen MR) is 52.8 cm³/mol. The second kappa shape index (κ2) is 8.87. The fourth-order valence-electron chi connectivity index (χ4n) is 0.640. The van der Waals surface area contributed by atoms with E-state index in [1.54, 1.807) is 6.08 Å². The Kier molecular flexibility index (Phi) is 8.04. The van der Waals surface area contributed by atoms with Crippen LogP contribution in [0, 0.1) is 24.2 Å². The van der Waals surface area contributed by atoms with Gasteiger partial charge in [-0.05, 0) is 31.9 Å². The number of hydrogen-bond donors (Lipinski definition) is 0. The predicted octanol–water partition coefficient (Wildman–Crippen LogP) is 1.58. The first-order chi connectivity index (χ1) is 6.35. The van der Waals surface area contributed by atoms with Crippen molar-refractivity contribution in [3.05, 3.63) is 12.2 Å². The van der Waals surface area contributed by atoms with E-state index in [0.29, 0.717) is 13.2 Å². The summed E-state index contributed by atoms with van der Waals surface area (Å²) < 4.78 is 10.4. The van der Waals surface area contributed by atoms with E-state index in [-0.39, 0.29) is 0 Å². The minimum Gasteiger partial charge on any atom is -0.342 e. The second-order valence-electron chi connectivity index (χ2n) is 2.03. The van der Waals surface area contributed by atoms with Crippen LogP contribution in [-0.4, -0.2) is 19.5 Å². The molecule has 0 aromatic carbocycles. The number of ether oxygens (including phenoxy) is 2. The minimum absolute atomic E-state index is 0.447. The van der Waals surface area contributed by atoms with Crippen LogP contribution in [0.15, 0.2) is 12.2 Å². The van der Waals surface area contributed by atoms with Crippen molar-refractivity contribution in [1.29, 1.82) is 0 Å². The summed E-state index contributed by atoms with van der Waals surface area (Å²) in [6, 6.07) is 0. The molecule has 70 valence electrons. The normalized spacial score (nSPS) is 9.69. The highest BCUT2D eigenvalue weighted by molar-refractivity contribution is 5.23. The van der Waals surface area contributed by atoms with E-state index in [4.69, 9.17) is 15.9 Å². The molecular weight excluding hydrogens is 164 g/mol. The molecule has 0 radical (unpaired) electrons. The molecule has 0 aliphatic heterocycles. The molecule has 0 atom stereocenters. The highest BCUT2D eigenvalue weighted by atomic mass is 16.7. The molecule has 0 aromatic heterocycles. The zero-order valence-corrected chi connectivity index (χ0v) is 8.04. The zero-order valence-electron chi connectivity index (χ0n) is 8.04. The Bertz CT molecular complexity index is 231. The Balaban J connectivity index is 3.97. The summed E-state index contributed by atoms with van der Waals surface area (Å²) in [4.78, 5) is 0. The molecule has 0 heterocycles. The summed E-state index contributed by atoms with van der Waals surface area (Å²) >= 11 is 0. The Morgan fingerprint density at radius 3 is 2.31 bits per heavy atom. The Morgan fingerprint density at radius 2 is 1.85 bits per heavy atom. The monoisotopic (exact) mass is 178 g/mol. The van der Waals surface area contributed by atoms with Gasteiger partial charge in [0.25, 0.3) is 0 Å². The standard InChI is InChI=1S/C11H14O2/c1-4-7-8-9-10-11(12-5-2)13-6-3/h1,7-8,11H,5-6H2,2-3H3/b8-7+. The summed E-state index contributed by atoms with van der Waals surface area (Å²) in [5, 5.41) is 0. The maximum atomic E-state index is 5.18. The first kappa shape index (κ1) is 11.8. The van der Waals surface area contributed by atoms with Gasteiger partial charge in [-0.25, -0.2) is 0 Å². The largest absolute Gasteiger partial charge is 0.342 e. The lowest BCUT2D eigenvalue weighted by atomic mass is 10.5. The lowest BCUT2D eigenvalue weighted by molar-refractivity contribution is -0.0969. The molecule has 0 fully saturated rings. The average molecular weight is 178 g/mol. The third-order valence-electron chi connectivity index (χ3n) is 1.10. The van der Waals surface area contributed by atoms with Crippen LogP contribution in [0.3, 0.4) is 0 Å². The van der Waals surface area contributed by atoms with Crippen molar-refractivity contribution in [3.63, 3.8) is 0 Å². The van der Waals surface area contributed by atoms with E-state index in [9.17, 15) is 0 Å². The van der Waals surface area contributed by atoms with Crippen molar-refractivity contribution in [2.75, 3.05) is 13.2 Å². The smallest absolute Gasteiger partial charge is 0.222 e. The Hall–Kier alpha value is -1.22. The Morgan fingerprint density at radius 1 is 1.23 bits per heavy atom. The fraction of sp³-hybridized carbons (Fsp3) is 0.455. The number of terminal acetylenes is 1. The van der Waals surface area contributed by atoms with E-state index < -0.39 is 6.29 Å². The van der Waals surface area contributed by atoms with Crippen LogP contribution in [-0.2, 0) is 9.47 Å². The number of rotatable bonds is 4. The summed E-state index contributed by atoms with van der Waals surface area (Å²) in [5.41, 5.74) is 0.